The minimum atomic E-state index is 0.0838. The molecule has 0 bridgehead atoms. The van der Waals surface area contributed by atoms with Crippen molar-refractivity contribution in [2.75, 3.05) is 0 Å². The molecule has 1 aromatic carbocycles. The Balaban J connectivity index is 2.91. The van der Waals surface area contributed by atoms with E-state index in [0.29, 0.717) is 5.92 Å². The van der Waals surface area contributed by atoms with Crippen LogP contribution in [0.3, 0.4) is 0 Å². The maximum absolute atomic E-state index is 10.7. The Morgan fingerprint density at radius 2 is 1.56 bits per heavy atom. The first-order valence-electron chi connectivity index (χ1n) is 5.92. The van der Waals surface area contributed by atoms with E-state index in [2.05, 4.69) is 52.0 Å². The second-order valence-electron chi connectivity index (χ2n) is 5.66. The maximum atomic E-state index is 10.7. The van der Waals surface area contributed by atoms with Crippen molar-refractivity contribution < 1.29 is 4.79 Å². The summed E-state index contributed by atoms with van der Waals surface area (Å²) in [7, 11) is 0. The van der Waals surface area contributed by atoms with Gasteiger partial charge in [-0.3, -0.25) is 0 Å². The molecule has 1 heteroatoms. The minimum Gasteiger partial charge on any atom is -0.303 e. The minimum absolute atomic E-state index is 0.0838. The molecule has 0 spiro atoms. The molecular weight excluding hydrogens is 196 g/mol. The summed E-state index contributed by atoms with van der Waals surface area (Å²) in [6.45, 7) is 10.7. The lowest BCUT2D eigenvalue weighted by atomic mass is 9.84. The molecule has 0 saturated heterocycles. The third-order valence-electron chi connectivity index (χ3n) is 3.31. The quantitative estimate of drug-likeness (QED) is 0.703. The average Bonchev–Trinajstić information content (AvgIpc) is 2.26. The zero-order valence-corrected chi connectivity index (χ0v) is 10.9. The van der Waals surface area contributed by atoms with Gasteiger partial charge >= 0.3 is 0 Å². The van der Waals surface area contributed by atoms with Gasteiger partial charge in [-0.05, 0) is 22.5 Å². The van der Waals surface area contributed by atoms with Gasteiger partial charge in [0.05, 0.1) is 0 Å². The smallest absolute Gasteiger partial charge is 0.123 e. The van der Waals surface area contributed by atoms with Crippen LogP contribution < -0.4 is 0 Å². The van der Waals surface area contributed by atoms with Gasteiger partial charge in [-0.2, -0.15) is 0 Å². The van der Waals surface area contributed by atoms with Gasteiger partial charge in [0.1, 0.15) is 6.29 Å². The van der Waals surface area contributed by atoms with Gasteiger partial charge in [0.15, 0.2) is 0 Å². The second-order valence-corrected chi connectivity index (χ2v) is 5.66. The molecule has 2 atom stereocenters. The van der Waals surface area contributed by atoms with Crippen molar-refractivity contribution in [3.05, 3.63) is 35.4 Å². The standard InChI is InChI=1S/C15H22O/c1-11(10-16)12(2)13-6-8-14(9-7-13)15(3,4)5/h6-12H,1-5H3. The van der Waals surface area contributed by atoms with E-state index in [0.717, 1.165) is 6.29 Å². The zero-order valence-electron chi connectivity index (χ0n) is 10.9. The number of benzene rings is 1. The number of carbonyl (C=O) groups excluding carboxylic acids is 1. The van der Waals surface area contributed by atoms with E-state index in [-0.39, 0.29) is 11.3 Å². The van der Waals surface area contributed by atoms with Crippen LogP contribution in [0.2, 0.25) is 0 Å². The van der Waals surface area contributed by atoms with Crippen LogP contribution in [-0.2, 0) is 10.2 Å². The van der Waals surface area contributed by atoms with Crippen LogP contribution in [0, 0.1) is 5.92 Å². The highest BCUT2D eigenvalue weighted by molar-refractivity contribution is 5.55. The van der Waals surface area contributed by atoms with E-state index in [1.807, 2.05) is 6.92 Å². The van der Waals surface area contributed by atoms with Crippen LogP contribution in [0.15, 0.2) is 24.3 Å². The molecule has 1 aromatic rings. The molecule has 0 N–H and O–H groups in total. The highest BCUT2D eigenvalue weighted by atomic mass is 16.1. The molecule has 1 nitrogen and oxygen atoms in total. The summed E-state index contributed by atoms with van der Waals surface area (Å²) in [5, 5.41) is 0. The summed E-state index contributed by atoms with van der Waals surface area (Å²) in [4.78, 5) is 10.7. The monoisotopic (exact) mass is 218 g/mol. The Bertz CT molecular complexity index is 343. The van der Waals surface area contributed by atoms with E-state index < -0.39 is 0 Å². The van der Waals surface area contributed by atoms with E-state index >= 15 is 0 Å². The molecule has 0 fully saturated rings. The predicted molar refractivity (Wildman–Crippen MR) is 68.8 cm³/mol. The Morgan fingerprint density at radius 1 is 1.06 bits per heavy atom. The number of hydrogen-bond acceptors (Lipinski definition) is 1. The highest BCUT2D eigenvalue weighted by Crippen LogP contribution is 2.27. The Morgan fingerprint density at radius 3 is 1.94 bits per heavy atom. The van der Waals surface area contributed by atoms with Gasteiger partial charge in [-0.25, -0.2) is 0 Å². The first-order chi connectivity index (χ1) is 7.36. The second kappa shape index (κ2) is 4.82. The van der Waals surface area contributed by atoms with E-state index in [9.17, 15) is 4.79 Å². The molecule has 0 aliphatic carbocycles. The van der Waals surface area contributed by atoms with Crippen LogP contribution >= 0.6 is 0 Å². The first kappa shape index (κ1) is 13.0. The Kier molecular flexibility index (Phi) is 3.90. The first-order valence-corrected chi connectivity index (χ1v) is 5.92. The molecule has 0 heterocycles. The average molecular weight is 218 g/mol. The lowest BCUT2D eigenvalue weighted by Crippen LogP contribution is -2.12. The molecule has 1 rings (SSSR count). The number of rotatable bonds is 3. The zero-order chi connectivity index (χ0) is 12.3. The molecule has 88 valence electrons. The number of hydrogen-bond donors (Lipinski definition) is 0. The normalized spacial score (nSPS) is 15.6. The molecule has 16 heavy (non-hydrogen) atoms. The van der Waals surface area contributed by atoms with Crippen molar-refractivity contribution in [1.29, 1.82) is 0 Å². The van der Waals surface area contributed by atoms with Crippen LogP contribution in [0.4, 0.5) is 0 Å². The van der Waals surface area contributed by atoms with E-state index in [1.54, 1.807) is 0 Å². The topological polar surface area (TPSA) is 17.1 Å². The van der Waals surface area contributed by atoms with E-state index in [4.69, 9.17) is 0 Å². The number of aldehydes is 1. The lowest BCUT2D eigenvalue weighted by Gasteiger charge is -2.21. The summed E-state index contributed by atoms with van der Waals surface area (Å²) in [5.74, 6) is 0.381. The summed E-state index contributed by atoms with van der Waals surface area (Å²) >= 11 is 0. The summed E-state index contributed by atoms with van der Waals surface area (Å²) in [6.07, 6.45) is 1.03. The number of carbonyl (C=O) groups is 1. The maximum Gasteiger partial charge on any atom is 0.123 e. The van der Waals surface area contributed by atoms with Crippen molar-refractivity contribution in [1.82, 2.24) is 0 Å². The van der Waals surface area contributed by atoms with Crippen LogP contribution in [-0.4, -0.2) is 6.29 Å². The lowest BCUT2D eigenvalue weighted by molar-refractivity contribution is -0.111. The van der Waals surface area contributed by atoms with Gasteiger partial charge < -0.3 is 4.79 Å². The molecule has 0 aliphatic heterocycles. The van der Waals surface area contributed by atoms with Gasteiger partial charge in [0.25, 0.3) is 0 Å². The summed E-state index contributed by atoms with van der Waals surface area (Å²) in [6, 6.07) is 8.63. The molecule has 2 unspecified atom stereocenters. The SMILES string of the molecule is CC(C=O)C(C)c1ccc(C(C)(C)C)cc1. The molecule has 0 saturated carbocycles. The van der Waals surface area contributed by atoms with Gasteiger partial charge in [-0.1, -0.05) is 58.9 Å². The van der Waals surface area contributed by atoms with Gasteiger partial charge in [-0.15, -0.1) is 0 Å². The third-order valence-corrected chi connectivity index (χ3v) is 3.31. The molecule has 0 radical (unpaired) electrons. The van der Waals surface area contributed by atoms with Crippen molar-refractivity contribution in [2.24, 2.45) is 5.92 Å². The fourth-order valence-corrected chi connectivity index (χ4v) is 1.71. The molecule has 0 amide bonds. The van der Waals surface area contributed by atoms with Crippen LogP contribution in [0.25, 0.3) is 0 Å². The fourth-order valence-electron chi connectivity index (χ4n) is 1.71. The van der Waals surface area contributed by atoms with Crippen molar-refractivity contribution in [2.45, 2.75) is 46.0 Å². The third kappa shape index (κ3) is 2.94. The Labute approximate surface area is 98.9 Å². The van der Waals surface area contributed by atoms with E-state index in [1.165, 1.54) is 11.1 Å². The predicted octanol–water partition coefficient (Wildman–Crippen LogP) is 3.92. The highest BCUT2D eigenvalue weighted by Gasteiger charge is 2.16. The summed E-state index contributed by atoms with van der Waals surface area (Å²) in [5.41, 5.74) is 2.77. The van der Waals surface area contributed by atoms with Crippen LogP contribution in [0.5, 0.6) is 0 Å². The van der Waals surface area contributed by atoms with Gasteiger partial charge in [0, 0.05) is 5.92 Å². The largest absolute Gasteiger partial charge is 0.303 e. The van der Waals surface area contributed by atoms with Crippen LogP contribution in [0.1, 0.15) is 51.7 Å². The molecule has 0 aromatic heterocycles. The Hall–Kier alpha value is -1.11. The van der Waals surface area contributed by atoms with Crippen molar-refractivity contribution in [3.63, 3.8) is 0 Å². The summed E-state index contributed by atoms with van der Waals surface area (Å²) < 4.78 is 0. The van der Waals surface area contributed by atoms with Crippen molar-refractivity contribution in [3.8, 4) is 0 Å². The van der Waals surface area contributed by atoms with Gasteiger partial charge in [0.2, 0.25) is 0 Å². The molecular formula is C15H22O. The molecule has 0 aliphatic rings. The fraction of sp³-hybridized carbons (Fsp3) is 0.533. The van der Waals surface area contributed by atoms with Crippen molar-refractivity contribution >= 4 is 6.29 Å².